The third-order valence-corrected chi connectivity index (χ3v) is 2.59. The molecule has 1 unspecified atom stereocenters. The predicted molar refractivity (Wildman–Crippen MR) is 58.2 cm³/mol. The molecule has 1 aromatic carbocycles. The van der Waals surface area contributed by atoms with Gasteiger partial charge in [-0.15, -0.1) is 11.6 Å². The van der Waals surface area contributed by atoms with Gasteiger partial charge >= 0.3 is 6.18 Å². The zero-order valence-corrected chi connectivity index (χ0v) is 9.74. The van der Waals surface area contributed by atoms with Gasteiger partial charge in [-0.05, 0) is 5.56 Å². The van der Waals surface area contributed by atoms with Gasteiger partial charge in [0, 0.05) is 0 Å². The second-order valence-corrected chi connectivity index (χ2v) is 4.05. The Hall–Kier alpha value is -1.56. The van der Waals surface area contributed by atoms with Crippen LogP contribution >= 0.6 is 11.6 Å². The smallest absolute Gasteiger partial charge is 0.337 e. The lowest BCUT2D eigenvalue weighted by molar-refractivity contribution is -0.128. The van der Waals surface area contributed by atoms with Crippen molar-refractivity contribution in [2.75, 3.05) is 0 Å². The normalized spacial score (nSPS) is 13.6. The highest BCUT2D eigenvalue weighted by molar-refractivity contribution is 6.22. The molecular formula is C11H8ClF3N2O. The molecule has 0 aliphatic carbocycles. The van der Waals surface area contributed by atoms with Gasteiger partial charge in [-0.25, -0.2) is 0 Å². The van der Waals surface area contributed by atoms with Gasteiger partial charge in [-0.1, -0.05) is 35.5 Å². The lowest BCUT2D eigenvalue weighted by atomic mass is 10.1. The highest BCUT2D eigenvalue weighted by atomic mass is 35.5. The molecule has 0 N–H and O–H groups in total. The number of hydrogen-bond donors (Lipinski definition) is 0. The quantitative estimate of drug-likeness (QED) is 0.806. The molecule has 18 heavy (non-hydrogen) atoms. The van der Waals surface area contributed by atoms with Crippen molar-refractivity contribution >= 4 is 11.6 Å². The first-order chi connectivity index (χ1) is 8.46. The van der Waals surface area contributed by atoms with E-state index >= 15 is 0 Å². The van der Waals surface area contributed by atoms with E-state index < -0.39 is 23.8 Å². The number of alkyl halides is 4. The van der Waals surface area contributed by atoms with Gasteiger partial charge < -0.3 is 4.52 Å². The summed E-state index contributed by atoms with van der Waals surface area (Å²) in [6.45, 7) is 0. The topological polar surface area (TPSA) is 38.9 Å². The molecule has 0 aliphatic heterocycles. The highest BCUT2D eigenvalue weighted by Gasteiger charge is 2.31. The molecule has 0 amide bonds. The van der Waals surface area contributed by atoms with Crippen LogP contribution in [0, 0.1) is 0 Å². The van der Waals surface area contributed by atoms with Crippen LogP contribution in [0.5, 0.6) is 0 Å². The van der Waals surface area contributed by atoms with E-state index in [-0.39, 0.29) is 5.89 Å². The van der Waals surface area contributed by atoms with E-state index in [9.17, 15) is 13.2 Å². The van der Waals surface area contributed by atoms with E-state index in [1.165, 1.54) is 0 Å². The molecule has 96 valence electrons. The molecule has 0 fully saturated rings. The van der Waals surface area contributed by atoms with Crippen molar-refractivity contribution in [1.29, 1.82) is 0 Å². The number of nitrogens with zero attached hydrogens (tertiary/aromatic N) is 2. The molecule has 3 nitrogen and oxygen atoms in total. The summed E-state index contributed by atoms with van der Waals surface area (Å²) >= 11 is 6.04. The zero-order valence-electron chi connectivity index (χ0n) is 8.99. The minimum absolute atomic E-state index is 0.0397. The minimum atomic E-state index is -4.37. The van der Waals surface area contributed by atoms with Crippen molar-refractivity contribution in [3.8, 4) is 0 Å². The lowest BCUT2D eigenvalue weighted by Gasteiger charge is -2.03. The number of aromatic nitrogens is 2. The molecule has 1 heterocycles. The summed E-state index contributed by atoms with van der Waals surface area (Å²) in [4.78, 5) is 3.64. The Bertz CT molecular complexity index is 513. The maximum Gasteiger partial charge on any atom is 0.396 e. The first-order valence-corrected chi connectivity index (χ1v) is 5.47. The molecule has 2 rings (SSSR count). The summed E-state index contributed by atoms with van der Waals surface area (Å²) in [5.41, 5.74) is 0.682. The van der Waals surface area contributed by atoms with Crippen molar-refractivity contribution in [2.45, 2.75) is 18.0 Å². The predicted octanol–water partition coefficient (Wildman–Crippen LogP) is 3.50. The van der Waals surface area contributed by atoms with E-state index in [1.54, 1.807) is 30.3 Å². The largest absolute Gasteiger partial charge is 0.396 e. The fraction of sp³-hybridized carbons (Fsp3) is 0.273. The molecule has 0 saturated heterocycles. The second kappa shape index (κ2) is 4.97. The summed E-state index contributed by atoms with van der Waals surface area (Å²) < 4.78 is 41.1. The Morgan fingerprint density at radius 3 is 2.50 bits per heavy atom. The molecule has 0 spiro atoms. The first-order valence-electron chi connectivity index (χ1n) is 5.04. The van der Waals surface area contributed by atoms with Gasteiger partial charge in [-0.2, -0.15) is 18.2 Å². The van der Waals surface area contributed by atoms with E-state index in [0.29, 0.717) is 5.56 Å². The SMILES string of the molecule is FC(F)(F)Cc1noc(C(Cl)c2ccccc2)n1. The van der Waals surface area contributed by atoms with Gasteiger partial charge in [0.2, 0.25) is 5.89 Å². The molecule has 1 aromatic heterocycles. The van der Waals surface area contributed by atoms with Crippen LogP contribution in [0.1, 0.15) is 22.7 Å². The Morgan fingerprint density at radius 2 is 1.89 bits per heavy atom. The van der Waals surface area contributed by atoms with Crippen LogP contribution < -0.4 is 0 Å². The van der Waals surface area contributed by atoms with Crippen molar-refractivity contribution < 1.29 is 17.7 Å². The summed E-state index contributed by atoms with van der Waals surface area (Å²) in [6, 6.07) is 8.78. The third-order valence-electron chi connectivity index (χ3n) is 2.15. The summed E-state index contributed by atoms with van der Waals surface area (Å²) in [7, 11) is 0. The van der Waals surface area contributed by atoms with Crippen LogP contribution in [0.3, 0.4) is 0 Å². The van der Waals surface area contributed by atoms with Crippen LogP contribution in [-0.4, -0.2) is 16.3 Å². The fourth-order valence-corrected chi connectivity index (χ4v) is 1.62. The van der Waals surface area contributed by atoms with Gasteiger partial charge in [0.25, 0.3) is 0 Å². The molecule has 0 radical (unpaired) electrons. The molecule has 0 aliphatic rings. The number of rotatable bonds is 3. The fourth-order valence-electron chi connectivity index (χ4n) is 1.39. The molecule has 0 saturated carbocycles. The van der Waals surface area contributed by atoms with Crippen LogP contribution in [0.15, 0.2) is 34.9 Å². The van der Waals surface area contributed by atoms with E-state index in [2.05, 4.69) is 10.1 Å². The molecule has 1 atom stereocenters. The van der Waals surface area contributed by atoms with Gasteiger partial charge in [-0.3, -0.25) is 0 Å². The molecule has 7 heteroatoms. The van der Waals surface area contributed by atoms with Crippen molar-refractivity contribution in [3.63, 3.8) is 0 Å². The van der Waals surface area contributed by atoms with Crippen molar-refractivity contribution in [3.05, 3.63) is 47.6 Å². The van der Waals surface area contributed by atoms with Crippen molar-refractivity contribution in [2.24, 2.45) is 0 Å². The Labute approximate surface area is 106 Å². The average molecular weight is 277 g/mol. The van der Waals surface area contributed by atoms with Crippen LogP contribution in [0.4, 0.5) is 13.2 Å². The Kier molecular flexibility index (Phi) is 3.56. The van der Waals surface area contributed by atoms with E-state index in [1.807, 2.05) is 0 Å². The molecule has 0 bridgehead atoms. The van der Waals surface area contributed by atoms with Gasteiger partial charge in [0.05, 0.1) is 0 Å². The number of halogens is 4. The maximum atomic E-state index is 12.1. The Balaban J connectivity index is 2.15. The molecular weight excluding hydrogens is 269 g/mol. The minimum Gasteiger partial charge on any atom is -0.337 e. The zero-order chi connectivity index (χ0) is 13.2. The molecule has 2 aromatic rings. The second-order valence-electron chi connectivity index (χ2n) is 3.61. The highest BCUT2D eigenvalue weighted by Crippen LogP contribution is 2.28. The Morgan fingerprint density at radius 1 is 1.22 bits per heavy atom. The summed E-state index contributed by atoms with van der Waals surface area (Å²) in [6.07, 6.45) is -5.59. The third kappa shape index (κ3) is 3.22. The summed E-state index contributed by atoms with van der Waals surface area (Å²) in [5.74, 6) is -0.457. The number of hydrogen-bond acceptors (Lipinski definition) is 3. The van der Waals surface area contributed by atoms with Crippen LogP contribution in [-0.2, 0) is 6.42 Å². The number of benzene rings is 1. The first kappa shape index (κ1) is 12.9. The lowest BCUT2D eigenvalue weighted by Crippen LogP contribution is -2.12. The van der Waals surface area contributed by atoms with E-state index in [0.717, 1.165) is 0 Å². The average Bonchev–Trinajstić information content (AvgIpc) is 2.75. The van der Waals surface area contributed by atoms with Crippen LogP contribution in [0.25, 0.3) is 0 Å². The van der Waals surface area contributed by atoms with Crippen molar-refractivity contribution in [1.82, 2.24) is 10.1 Å². The maximum absolute atomic E-state index is 12.1. The van der Waals surface area contributed by atoms with Crippen LogP contribution in [0.2, 0.25) is 0 Å². The van der Waals surface area contributed by atoms with E-state index in [4.69, 9.17) is 16.1 Å². The van der Waals surface area contributed by atoms with Gasteiger partial charge in [0.1, 0.15) is 11.8 Å². The standard InChI is InChI=1S/C11H8ClF3N2O/c12-9(7-4-2-1-3-5-7)10-16-8(17-18-10)6-11(13,14)15/h1-5,9H,6H2. The van der Waals surface area contributed by atoms with Gasteiger partial charge in [0.15, 0.2) is 5.82 Å². The summed E-state index contributed by atoms with van der Waals surface area (Å²) in [5, 5.41) is 2.51. The monoisotopic (exact) mass is 276 g/mol.